The molecule has 0 fully saturated rings. The number of aryl methyl sites for hydroxylation is 1. The number of hydrogen-bond acceptors (Lipinski definition) is 5. The molecule has 1 aliphatic heterocycles. The minimum Gasteiger partial charge on any atom is -0.399 e. The van der Waals surface area contributed by atoms with Crippen LogP contribution in [-0.4, -0.2) is 32.7 Å². The van der Waals surface area contributed by atoms with Crippen LogP contribution in [0.2, 0.25) is 0 Å². The van der Waals surface area contributed by atoms with Gasteiger partial charge in [-0.2, -0.15) is 4.80 Å². The van der Waals surface area contributed by atoms with Gasteiger partial charge in [0, 0.05) is 23.5 Å². The lowest BCUT2D eigenvalue weighted by Gasteiger charge is -2.29. The molecule has 1 amide bonds. The summed E-state index contributed by atoms with van der Waals surface area (Å²) in [6.45, 7) is 0.783. The highest BCUT2D eigenvalue weighted by Gasteiger charge is 2.23. The van der Waals surface area contributed by atoms with E-state index < -0.39 is 0 Å². The quantitative estimate of drug-likeness (QED) is 0.739. The van der Waals surface area contributed by atoms with Gasteiger partial charge in [0.2, 0.25) is 5.82 Å². The Labute approximate surface area is 145 Å². The molecule has 2 heterocycles. The van der Waals surface area contributed by atoms with Gasteiger partial charge >= 0.3 is 0 Å². The van der Waals surface area contributed by atoms with Crippen molar-refractivity contribution in [3.63, 3.8) is 0 Å². The van der Waals surface area contributed by atoms with E-state index in [9.17, 15) is 4.79 Å². The van der Waals surface area contributed by atoms with Gasteiger partial charge in [0.05, 0.1) is 0 Å². The van der Waals surface area contributed by atoms with Crippen LogP contribution in [0.25, 0.3) is 11.4 Å². The number of benzene rings is 2. The molecule has 0 bridgehead atoms. The third-order valence-electron chi connectivity index (χ3n) is 4.31. The molecule has 4 rings (SSSR count). The Morgan fingerprint density at radius 3 is 2.76 bits per heavy atom. The van der Waals surface area contributed by atoms with Gasteiger partial charge in [-0.05, 0) is 54.0 Å². The van der Waals surface area contributed by atoms with E-state index in [0.29, 0.717) is 11.5 Å². The molecular formula is C18H18N6O. The van der Waals surface area contributed by atoms with Gasteiger partial charge in [0.1, 0.15) is 6.54 Å². The van der Waals surface area contributed by atoms with Crippen molar-refractivity contribution >= 4 is 17.3 Å². The second kappa shape index (κ2) is 6.35. The van der Waals surface area contributed by atoms with E-state index in [4.69, 9.17) is 5.73 Å². The molecule has 0 radical (unpaired) electrons. The minimum atomic E-state index is -0.0339. The molecule has 2 N–H and O–H groups in total. The number of anilines is 2. The Hall–Kier alpha value is -3.22. The number of hydrogen-bond donors (Lipinski definition) is 1. The van der Waals surface area contributed by atoms with Crippen LogP contribution in [0.3, 0.4) is 0 Å². The maximum Gasteiger partial charge on any atom is 0.250 e. The summed E-state index contributed by atoms with van der Waals surface area (Å²) >= 11 is 0. The molecule has 2 aromatic carbocycles. The zero-order valence-electron chi connectivity index (χ0n) is 13.7. The molecule has 1 aromatic heterocycles. The van der Waals surface area contributed by atoms with Crippen LogP contribution in [0, 0.1) is 0 Å². The number of aromatic nitrogens is 4. The first-order valence-corrected chi connectivity index (χ1v) is 8.23. The lowest BCUT2D eigenvalue weighted by Crippen LogP contribution is -2.38. The smallest absolute Gasteiger partial charge is 0.250 e. The predicted molar refractivity (Wildman–Crippen MR) is 94.8 cm³/mol. The number of nitrogen functional groups attached to an aromatic ring is 1. The molecule has 126 valence electrons. The maximum atomic E-state index is 12.7. The molecule has 0 spiro atoms. The highest BCUT2D eigenvalue weighted by molar-refractivity contribution is 5.94. The number of nitrogens with two attached hydrogens (primary N) is 1. The van der Waals surface area contributed by atoms with E-state index in [1.54, 1.807) is 12.1 Å². The molecule has 0 atom stereocenters. The normalized spacial score (nSPS) is 13.5. The van der Waals surface area contributed by atoms with Crippen LogP contribution in [0.1, 0.15) is 12.0 Å². The molecule has 3 aromatic rings. The first-order valence-electron chi connectivity index (χ1n) is 8.23. The van der Waals surface area contributed by atoms with Crippen LogP contribution in [0.4, 0.5) is 11.4 Å². The van der Waals surface area contributed by atoms with Crippen molar-refractivity contribution in [1.29, 1.82) is 0 Å². The minimum absolute atomic E-state index is 0.0339. The number of rotatable bonds is 3. The van der Waals surface area contributed by atoms with Gasteiger partial charge in [-0.15, -0.1) is 10.2 Å². The van der Waals surface area contributed by atoms with E-state index >= 15 is 0 Å². The van der Waals surface area contributed by atoms with E-state index in [1.807, 2.05) is 35.2 Å². The average Bonchev–Trinajstić information content (AvgIpc) is 3.10. The van der Waals surface area contributed by atoms with E-state index in [0.717, 1.165) is 30.6 Å². The summed E-state index contributed by atoms with van der Waals surface area (Å²) in [6.07, 6.45) is 1.97. The Bertz CT molecular complexity index is 902. The Balaban J connectivity index is 1.52. The fourth-order valence-corrected chi connectivity index (χ4v) is 3.06. The van der Waals surface area contributed by atoms with Crippen LogP contribution < -0.4 is 10.6 Å². The first-order chi connectivity index (χ1) is 12.2. The summed E-state index contributed by atoms with van der Waals surface area (Å²) in [7, 11) is 0. The molecule has 25 heavy (non-hydrogen) atoms. The predicted octanol–water partition coefficient (Wildman–Crippen LogP) is 1.90. The van der Waals surface area contributed by atoms with Crippen LogP contribution in [-0.2, 0) is 17.8 Å². The van der Waals surface area contributed by atoms with E-state index in [2.05, 4.69) is 21.5 Å². The Kier molecular flexibility index (Phi) is 3.89. The summed E-state index contributed by atoms with van der Waals surface area (Å²) in [5.74, 6) is 0.445. The molecule has 0 aliphatic carbocycles. The third kappa shape index (κ3) is 3.08. The number of fused-ring (bicyclic) bond motifs is 1. The fourth-order valence-electron chi connectivity index (χ4n) is 3.06. The zero-order chi connectivity index (χ0) is 17.2. The number of nitrogens with zero attached hydrogens (tertiary/aromatic N) is 5. The number of carbonyl (C=O) groups excluding carboxylic acids is 1. The van der Waals surface area contributed by atoms with Crippen LogP contribution in [0.15, 0.2) is 48.5 Å². The van der Waals surface area contributed by atoms with Crippen molar-refractivity contribution in [2.75, 3.05) is 17.2 Å². The summed E-state index contributed by atoms with van der Waals surface area (Å²) in [6, 6.07) is 15.3. The lowest BCUT2D eigenvalue weighted by atomic mass is 10.0. The summed E-state index contributed by atoms with van der Waals surface area (Å²) in [5, 5.41) is 12.3. The number of amides is 1. The largest absolute Gasteiger partial charge is 0.399 e. The van der Waals surface area contributed by atoms with E-state index in [-0.39, 0.29) is 12.5 Å². The Morgan fingerprint density at radius 2 is 1.92 bits per heavy atom. The molecule has 0 saturated heterocycles. The summed E-state index contributed by atoms with van der Waals surface area (Å²) < 4.78 is 0. The summed E-state index contributed by atoms with van der Waals surface area (Å²) in [4.78, 5) is 15.9. The number of carbonyl (C=O) groups is 1. The van der Waals surface area contributed by atoms with Crippen molar-refractivity contribution in [2.45, 2.75) is 19.4 Å². The highest BCUT2D eigenvalue weighted by Crippen LogP contribution is 2.26. The van der Waals surface area contributed by atoms with Gasteiger partial charge in [0.25, 0.3) is 5.91 Å². The second-order valence-corrected chi connectivity index (χ2v) is 6.04. The number of para-hydroxylation sites is 1. The van der Waals surface area contributed by atoms with Crippen molar-refractivity contribution in [3.8, 4) is 11.4 Å². The average molecular weight is 334 g/mol. The zero-order valence-corrected chi connectivity index (χ0v) is 13.7. The van der Waals surface area contributed by atoms with Crippen molar-refractivity contribution in [3.05, 3.63) is 54.1 Å². The number of tetrazole rings is 1. The van der Waals surface area contributed by atoms with Gasteiger partial charge in [-0.25, -0.2) is 0 Å². The maximum absolute atomic E-state index is 12.7. The van der Waals surface area contributed by atoms with Gasteiger partial charge < -0.3 is 10.6 Å². The van der Waals surface area contributed by atoms with Gasteiger partial charge in [0.15, 0.2) is 0 Å². The highest BCUT2D eigenvalue weighted by atomic mass is 16.2. The first kappa shape index (κ1) is 15.3. The van der Waals surface area contributed by atoms with Gasteiger partial charge in [-0.1, -0.05) is 18.2 Å². The SMILES string of the molecule is Nc1ccc(-c2nnn(CC(=O)N3CCCc4ccccc43)n2)cc1. The molecule has 7 nitrogen and oxygen atoms in total. The van der Waals surface area contributed by atoms with Gasteiger partial charge in [-0.3, -0.25) is 4.79 Å². The van der Waals surface area contributed by atoms with Crippen molar-refractivity contribution in [2.24, 2.45) is 0 Å². The molecule has 1 aliphatic rings. The summed E-state index contributed by atoms with van der Waals surface area (Å²) in [5.41, 5.74) is 9.37. The van der Waals surface area contributed by atoms with E-state index in [1.165, 1.54) is 10.4 Å². The van der Waals surface area contributed by atoms with Crippen molar-refractivity contribution in [1.82, 2.24) is 20.2 Å². The molecule has 7 heteroatoms. The topological polar surface area (TPSA) is 89.9 Å². The Morgan fingerprint density at radius 1 is 1.12 bits per heavy atom. The lowest BCUT2D eigenvalue weighted by molar-refractivity contribution is -0.119. The molecular weight excluding hydrogens is 316 g/mol. The molecule has 0 unspecified atom stereocenters. The van der Waals surface area contributed by atoms with Crippen LogP contribution in [0.5, 0.6) is 0 Å². The fraction of sp³-hybridized carbons (Fsp3) is 0.222. The monoisotopic (exact) mass is 334 g/mol. The second-order valence-electron chi connectivity index (χ2n) is 6.04. The molecule has 0 saturated carbocycles. The third-order valence-corrected chi connectivity index (χ3v) is 4.31. The standard InChI is InChI=1S/C18H18N6O/c19-15-9-7-14(8-10-15)18-20-22-24(21-18)12-17(25)23-11-3-5-13-4-1-2-6-16(13)23/h1-2,4,6-10H,3,5,11-12,19H2. The van der Waals surface area contributed by atoms with Crippen LogP contribution >= 0.6 is 0 Å². The van der Waals surface area contributed by atoms with Crippen molar-refractivity contribution < 1.29 is 4.79 Å².